The standard InChI is InChI=1S/C5H11NO2/c1-3(4(2)6)5(7)8/h3-4H,6H2,1-2H3,(H,7,8)/p+1. The zero-order valence-corrected chi connectivity index (χ0v) is 5.22. The van der Waals surface area contributed by atoms with Crippen LogP contribution in [0.1, 0.15) is 13.8 Å². The van der Waals surface area contributed by atoms with Gasteiger partial charge in [-0.15, -0.1) is 0 Å². The Labute approximate surface area is 48.5 Å². The maximum Gasteiger partial charge on any atom is 0.312 e. The number of rotatable bonds is 2. The van der Waals surface area contributed by atoms with Gasteiger partial charge in [-0.25, -0.2) is 0 Å². The predicted molar refractivity (Wildman–Crippen MR) is 29.1 cm³/mol. The molecule has 0 aliphatic rings. The summed E-state index contributed by atoms with van der Waals surface area (Å²) in [6.07, 6.45) is 0. The predicted octanol–water partition coefficient (Wildman–Crippen LogP) is -0.662. The van der Waals surface area contributed by atoms with Gasteiger partial charge in [0.15, 0.2) is 0 Å². The number of hydrogen-bond acceptors (Lipinski definition) is 1. The van der Waals surface area contributed by atoms with Crippen molar-refractivity contribution in [2.45, 2.75) is 19.9 Å². The molecule has 0 aliphatic heterocycles. The summed E-state index contributed by atoms with van der Waals surface area (Å²) in [6.45, 7) is 3.44. The molecule has 0 amide bonds. The number of hydrogen-bond donors (Lipinski definition) is 2. The van der Waals surface area contributed by atoms with Gasteiger partial charge in [0.25, 0.3) is 0 Å². The van der Waals surface area contributed by atoms with Crippen LogP contribution in [-0.4, -0.2) is 17.1 Å². The van der Waals surface area contributed by atoms with Gasteiger partial charge in [-0.3, -0.25) is 4.79 Å². The Balaban J connectivity index is 3.64. The van der Waals surface area contributed by atoms with Crippen LogP contribution in [0.2, 0.25) is 0 Å². The van der Waals surface area contributed by atoms with Gasteiger partial charge in [0.05, 0.1) is 6.04 Å². The van der Waals surface area contributed by atoms with Crippen LogP contribution in [0, 0.1) is 5.92 Å². The van der Waals surface area contributed by atoms with Crippen LogP contribution in [0.3, 0.4) is 0 Å². The van der Waals surface area contributed by atoms with Crippen LogP contribution in [0.4, 0.5) is 0 Å². The number of carbonyl (C=O) groups is 1. The first-order chi connectivity index (χ1) is 3.55. The molecule has 0 fully saturated rings. The van der Waals surface area contributed by atoms with E-state index >= 15 is 0 Å². The number of carboxylic acid groups (broad SMARTS) is 1. The zero-order valence-electron chi connectivity index (χ0n) is 5.22. The Morgan fingerprint density at radius 2 is 2.00 bits per heavy atom. The molecule has 48 valence electrons. The molecule has 8 heavy (non-hydrogen) atoms. The zero-order chi connectivity index (χ0) is 6.73. The van der Waals surface area contributed by atoms with Crippen molar-refractivity contribution in [1.82, 2.24) is 0 Å². The smallest absolute Gasteiger partial charge is 0.312 e. The fourth-order valence-corrected chi connectivity index (χ4v) is 0.243. The third-order valence-corrected chi connectivity index (χ3v) is 1.24. The lowest BCUT2D eigenvalue weighted by Gasteiger charge is -2.04. The molecule has 0 aromatic carbocycles. The Morgan fingerprint density at radius 1 is 1.62 bits per heavy atom. The summed E-state index contributed by atoms with van der Waals surface area (Å²) in [5.41, 5.74) is 3.58. The van der Waals surface area contributed by atoms with E-state index in [1.165, 1.54) is 0 Å². The fourth-order valence-electron chi connectivity index (χ4n) is 0.243. The summed E-state index contributed by atoms with van der Waals surface area (Å²) < 4.78 is 0. The van der Waals surface area contributed by atoms with Crippen molar-refractivity contribution in [1.29, 1.82) is 0 Å². The second kappa shape index (κ2) is 2.67. The van der Waals surface area contributed by atoms with E-state index in [1.54, 1.807) is 13.8 Å². The first-order valence-electron chi connectivity index (χ1n) is 2.61. The Hall–Kier alpha value is -0.570. The average Bonchev–Trinajstić information content (AvgIpc) is 1.64. The monoisotopic (exact) mass is 118 g/mol. The molecule has 0 aromatic heterocycles. The van der Waals surface area contributed by atoms with Crippen molar-refractivity contribution in [2.24, 2.45) is 5.92 Å². The molecule has 2 unspecified atom stereocenters. The summed E-state index contributed by atoms with van der Waals surface area (Å²) >= 11 is 0. The molecular formula is C5H12NO2+. The summed E-state index contributed by atoms with van der Waals surface area (Å²) in [5, 5.41) is 8.31. The lowest BCUT2D eigenvalue weighted by molar-refractivity contribution is -0.423. The third kappa shape index (κ3) is 1.93. The molecule has 3 nitrogen and oxygen atoms in total. The van der Waals surface area contributed by atoms with E-state index in [4.69, 9.17) is 5.11 Å². The highest BCUT2D eigenvalue weighted by molar-refractivity contribution is 5.69. The molecular weight excluding hydrogens is 106 g/mol. The van der Waals surface area contributed by atoms with Crippen molar-refractivity contribution < 1.29 is 15.6 Å². The fraction of sp³-hybridized carbons (Fsp3) is 0.800. The van der Waals surface area contributed by atoms with Crippen LogP contribution < -0.4 is 5.73 Å². The van der Waals surface area contributed by atoms with Gasteiger partial charge < -0.3 is 10.8 Å². The van der Waals surface area contributed by atoms with Crippen LogP contribution in [0.5, 0.6) is 0 Å². The van der Waals surface area contributed by atoms with E-state index in [9.17, 15) is 4.79 Å². The third-order valence-electron chi connectivity index (χ3n) is 1.24. The van der Waals surface area contributed by atoms with E-state index in [1.807, 2.05) is 0 Å². The molecule has 0 saturated carbocycles. The van der Waals surface area contributed by atoms with Crippen LogP contribution in [-0.2, 0) is 4.79 Å². The highest BCUT2D eigenvalue weighted by Crippen LogP contribution is 1.95. The summed E-state index contributed by atoms with van der Waals surface area (Å²) in [6, 6.07) is -0.00694. The molecule has 3 heteroatoms. The van der Waals surface area contributed by atoms with Gasteiger partial charge in [0.1, 0.15) is 5.92 Å². The van der Waals surface area contributed by atoms with Crippen LogP contribution in [0.25, 0.3) is 0 Å². The maximum atomic E-state index is 10.1. The molecule has 0 rings (SSSR count). The second-order valence-corrected chi connectivity index (χ2v) is 2.10. The van der Waals surface area contributed by atoms with Crippen molar-refractivity contribution in [3.05, 3.63) is 0 Å². The lowest BCUT2D eigenvalue weighted by Crippen LogP contribution is -2.63. The van der Waals surface area contributed by atoms with Crippen molar-refractivity contribution in [2.75, 3.05) is 0 Å². The minimum atomic E-state index is -0.771. The normalized spacial score (nSPS) is 17.4. The van der Waals surface area contributed by atoms with Crippen molar-refractivity contribution >= 4 is 5.97 Å². The van der Waals surface area contributed by atoms with E-state index in [2.05, 4.69) is 5.73 Å². The molecule has 0 saturated heterocycles. The molecule has 0 aliphatic carbocycles. The van der Waals surface area contributed by atoms with Crippen molar-refractivity contribution in [3.63, 3.8) is 0 Å². The van der Waals surface area contributed by atoms with Gasteiger partial charge in [-0.05, 0) is 13.8 Å². The number of quaternary nitrogens is 1. The highest BCUT2D eigenvalue weighted by Gasteiger charge is 2.17. The van der Waals surface area contributed by atoms with Crippen LogP contribution in [0.15, 0.2) is 0 Å². The largest absolute Gasteiger partial charge is 0.481 e. The number of carboxylic acids is 1. The summed E-state index contributed by atoms with van der Waals surface area (Å²) in [7, 11) is 0. The second-order valence-electron chi connectivity index (χ2n) is 2.10. The van der Waals surface area contributed by atoms with Gasteiger partial charge >= 0.3 is 5.97 Å². The quantitative estimate of drug-likeness (QED) is 0.505. The molecule has 0 bridgehead atoms. The van der Waals surface area contributed by atoms with E-state index in [-0.39, 0.29) is 12.0 Å². The van der Waals surface area contributed by atoms with E-state index in [0.29, 0.717) is 0 Å². The molecule has 4 N–H and O–H groups in total. The van der Waals surface area contributed by atoms with Gasteiger partial charge in [0, 0.05) is 0 Å². The maximum absolute atomic E-state index is 10.1. The van der Waals surface area contributed by atoms with Crippen LogP contribution >= 0.6 is 0 Å². The minimum Gasteiger partial charge on any atom is -0.481 e. The summed E-state index contributed by atoms with van der Waals surface area (Å²) in [5.74, 6) is -1.09. The Morgan fingerprint density at radius 3 is 2.00 bits per heavy atom. The van der Waals surface area contributed by atoms with Crippen molar-refractivity contribution in [3.8, 4) is 0 Å². The average molecular weight is 118 g/mol. The molecule has 0 radical (unpaired) electrons. The van der Waals surface area contributed by atoms with Gasteiger partial charge in [-0.1, -0.05) is 0 Å². The SMILES string of the molecule is CC([NH3+])C(C)C(=O)O. The van der Waals surface area contributed by atoms with E-state index in [0.717, 1.165) is 0 Å². The van der Waals surface area contributed by atoms with Gasteiger partial charge in [-0.2, -0.15) is 0 Å². The Kier molecular flexibility index (Phi) is 2.48. The minimum absolute atomic E-state index is 0.00694. The van der Waals surface area contributed by atoms with Gasteiger partial charge in [0.2, 0.25) is 0 Å². The molecule has 0 heterocycles. The number of aliphatic carboxylic acids is 1. The molecule has 2 atom stereocenters. The molecule has 0 spiro atoms. The first-order valence-corrected chi connectivity index (χ1v) is 2.61. The summed E-state index contributed by atoms with van der Waals surface area (Å²) in [4.78, 5) is 10.1. The van der Waals surface area contributed by atoms with E-state index < -0.39 is 5.97 Å². The molecule has 0 aromatic rings. The highest BCUT2D eigenvalue weighted by atomic mass is 16.4. The topological polar surface area (TPSA) is 64.9 Å². The lowest BCUT2D eigenvalue weighted by atomic mass is 10.1. The Bertz CT molecular complexity index is 90.4. The first kappa shape index (κ1) is 7.43.